The average molecular weight is 239 g/mol. The van der Waals surface area contributed by atoms with Gasteiger partial charge in [-0.05, 0) is 19.9 Å². The molecule has 1 aliphatic rings. The maximum Gasteiger partial charge on any atom is 0.0940 e. The van der Waals surface area contributed by atoms with Gasteiger partial charge in [0.2, 0.25) is 0 Å². The smallest absolute Gasteiger partial charge is 0.0940 e. The predicted molar refractivity (Wildman–Crippen MR) is 64.7 cm³/mol. The number of rotatable bonds is 4. The lowest BCUT2D eigenvalue weighted by molar-refractivity contribution is -0.122. The van der Waals surface area contributed by atoms with E-state index in [0.717, 1.165) is 18.8 Å². The lowest BCUT2D eigenvalue weighted by Gasteiger charge is -2.36. The fourth-order valence-corrected chi connectivity index (χ4v) is 2.00. The van der Waals surface area contributed by atoms with Crippen molar-refractivity contribution in [3.05, 3.63) is 18.0 Å². The third kappa shape index (κ3) is 3.80. The normalized spacial score (nSPS) is 23.8. The zero-order valence-corrected chi connectivity index (χ0v) is 10.8. The van der Waals surface area contributed by atoms with Gasteiger partial charge in [0.25, 0.3) is 0 Å². The van der Waals surface area contributed by atoms with Crippen LogP contribution in [0.1, 0.15) is 19.5 Å². The molecule has 0 bridgehead atoms. The summed E-state index contributed by atoms with van der Waals surface area (Å²) in [6, 6.07) is 1.96. The molecule has 1 aromatic heterocycles. The van der Waals surface area contributed by atoms with E-state index in [1.165, 1.54) is 0 Å². The Hall–Kier alpha value is -0.910. The van der Waals surface area contributed by atoms with Crippen molar-refractivity contribution >= 4 is 0 Å². The Bertz CT molecular complexity index is 362. The Morgan fingerprint density at radius 1 is 1.65 bits per heavy atom. The van der Waals surface area contributed by atoms with Crippen molar-refractivity contribution in [3.8, 4) is 0 Å². The van der Waals surface area contributed by atoms with Gasteiger partial charge in [-0.1, -0.05) is 0 Å². The molecule has 0 aliphatic carbocycles. The van der Waals surface area contributed by atoms with E-state index in [0.29, 0.717) is 13.2 Å². The van der Waals surface area contributed by atoms with Gasteiger partial charge in [0.1, 0.15) is 0 Å². The van der Waals surface area contributed by atoms with Gasteiger partial charge in [-0.25, -0.2) is 0 Å². The summed E-state index contributed by atoms with van der Waals surface area (Å²) >= 11 is 0. The highest BCUT2D eigenvalue weighted by molar-refractivity contribution is 4.96. The molecule has 17 heavy (non-hydrogen) atoms. The lowest BCUT2D eigenvalue weighted by Crippen LogP contribution is -2.51. The largest absolute Gasteiger partial charge is 0.372 e. The van der Waals surface area contributed by atoms with Gasteiger partial charge in [-0.15, -0.1) is 0 Å². The third-order valence-electron chi connectivity index (χ3n) is 2.73. The van der Waals surface area contributed by atoms with E-state index in [-0.39, 0.29) is 11.7 Å². The van der Waals surface area contributed by atoms with Crippen LogP contribution in [-0.4, -0.2) is 41.2 Å². The molecule has 1 unspecified atom stereocenters. The van der Waals surface area contributed by atoms with Crippen LogP contribution in [0.2, 0.25) is 0 Å². The zero-order valence-electron chi connectivity index (χ0n) is 10.8. The topological polar surface area (TPSA) is 48.3 Å². The molecule has 0 aromatic carbocycles. The molecule has 2 rings (SSSR count). The maximum atomic E-state index is 5.90. The monoisotopic (exact) mass is 239 g/mol. The minimum atomic E-state index is -0.0999. The van der Waals surface area contributed by atoms with Crippen molar-refractivity contribution < 1.29 is 9.47 Å². The quantitative estimate of drug-likeness (QED) is 0.840. The highest BCUT2D eigenvalue weighted by Crippen LogP contribution is 2.15. The molecule has 0 spiro atoms. The highest BCUT2D eigenvalue weighted by atomic mass is 16.5. The third-order valence-corrected chi connectivity index (χ3v) is 2.73. The number of hydrogen-bond donors (Lipinski definition) is 1. The van der Waals surface area contributed by atoms with Gasteiger partial charge >= 0.3 is 0 Å². The van der Waals surface area contributed by atoms with E-state index < -0.39 is 0 Å². The van der Waals surface area contributed by atoms with Crippen LogP contribution in [0.25, 0.3) is 0 Å². The molecule has 1 saturated heterocycles. The van der Waals surface area contributed by atoms with Crippen molar-refractivity contribution in [2.24, 2.45) is 7.05 Å². The fourth-order valence-electron chi connectivity index (χ4n) is 2.00. The summed E-state index contributed by atoms with van der Waals surface area (Å²) < 4.78 is 13.3. The van der Waals surface area contributed by atoms with Gasteiger partial charge in [0.15, 0.2) is 0 Å². The Morgan fingerprint density at radius 2 is 2.47 bits per heavy atom. The standard InChI is InChI=1S/C12H21N3O2/c1-12(2)9-13-6-11(17-12)8-16-7-10-4-5-15(3)14-10/h4-5,11,13H,6-9H2,1-3H3. The Kier molecular flexibility index (Phi) is 3.81. The molecule has 1 aliphatic heterocycles. The molecule has 1 aromatic rings. The summed E-state index contributed by atoms with van der Waals surface area (Å²) in [5, 5.41) is 7.61. The number of nitrogens with one attached hydrogen (secondary N) is 1. The van der Waals surface area contributed by atoms with Crippen molar-refractivity contribution in [3.63, 3.8) is 0 Å². The molecule has 0 radical (unpaired) electrons. The number of aromatic nitrogens is 2. The Morgan fingerprint density at radius 3 is 3.12 bits per heavy atom. The van der Waals surface area contributed by atoms with Crippen LogP contribution >= 0.6 is 0 Å². The average Bonchev–Trinajstić information content (AvgIpc) is 2.63. The number of morpholine rings is 1. The first kappa shape index (κ1) is 12.5. The second-order valence-electron chi connectivity index (χ2n) is 5.13. The van der Waals surface area contributed by atoms with Crippen LogP contribution in [0, 0.1) is 0 Å². The van der Waals surface area contributed by atoms with E-state index in [1.54, 1.807) is 4.68 Å². The molecule has 1 atom stereocenters. The maximum absolute atomic E-state index is 5.90. The molecule has 1 fully saturated rings. The molecule has 2 heterocycles. The SMILES string of the molecule is Cn1ccc(COCC2CNCC(C)(C)O2)n1. The molecule has 1 N–H and O–H groups in total. The van der Waals surface area contributed by atoms with E-state index in [2.05, 4.69) is 24.3 Å². The summed E-state index contributed by atoms with van der Waals surface area (Å²) in [4.78, 5) is 0. The van der Waals surface area contributed by atoms with E-state index in [1.807, 2.05) is 19.3 Å². The zero-order chi connectivity index (χ0) is 12.3. The number of hydrogen-bond acceptors (Lipinski definition) is 4. The Balaban J connectivity index is 1.71. The summed E-state index contributed by atoms with van der Waals surface area (Å²) in [7, 11) is 1.90. The van der Waals surface area contributed by atoms with E-state index >= 15 is 0 Å². The molecule has 5 nitrogen and oxygen atoms in total. The molecular weight excluding hydrogens is 218 g/mol. The van der Waals surface area contributed by atoms with Gasteiger partial charge in [-0.2, -0.15) is 5.10 Å². The first-order chi connectivity index (χ1) is 8.05. The van der Waals surface area contributed by atoms with E-state index in [4.69, 9.17) is 9.47 Å². The second kappa shape index (κ2) is 5.16. The summed E-state index contributed by atoms with van der Waals surface area (Å²) in [5.41, 5.74) is 0.854. The van der Waals surface area contributed by atoms with Crippen molar-refractivity contribution in [2.45, 2.75) is 32.2 Å². The van der Waals surface area contributed by atoms with Gasteiger partial charge in [0.05, 0.1) is 30.6 Å². The van der Waals surface area contributed by atoms with Crippen molar-refractivity contribution in [1.29, 1.82) is 0 Å². The van der Waals surface area contributed by atoms with Crippen LogP contribution in [0.3, 0.4) is 0 Å². The Labute approximate surface area is 102 Å². The van der Waals surface area contributed by atoms with Crippen LogP contribution < -0.4 is 5.32 Å². The number of aryl methyl sites for hydroxylation is 1. The molecular formula is C12H21N3O2. The molecule has 0 saturated carbocycles. The van der Waals surface area contributed by atoms with Gasteiger partial charge in [0, 0.05) is 26.3 Å². The fraction of sp³-hybridized carbons (Fsp3) is 0.750. The second-order valence-corrected chi connectivity index (χ2v) is 5.13. The lowest BCUT2D eigenvalue weighted by atomic mass is 10.1. The van der Waals surface area contributed by atoms with Crippen molar-refractivity contribution in [2.75, 3.05) is 19.7 Å². The van der Waals surface area contributed by atoms with Crippen LogP contribution in [0.15, 0.2) is 12.3 Å². The molecule has 96 valence electrons. The number of ether oxygens (including phenoxy) is 2. The minimum absolute atomic E-state index is 0.0999. The van der Waals surface area contributed by atoms with Gasteiger partial charge in [-0.3, -0.25) is 4.68 Å². The highest BCUT2D eigenvalue weighted by Gasteiger charge is 2.28. The van der Waals surface area contributed by atoms with Crippen molar-refractivity contribution in [1.82, 2.24) is 15.1 Å². The predicted octanol–water partition coefficient (Wildman–Crippen LogP) is 0.704. The van der Waals surface area contributed by atoms with Crippen LogP contribution in [-0.2, 0) is 23.1 Å². The van der Waals surface area contributed by atoms with Crippen LogP contribution in [0.5, 0.6) is 0 Å². The summed E-state index contributed by atoms with van der Waals surface area (Å²) in [6.07, 6.45) is 2.04. The van der Waals surface area contributed by atoms with Gasteiger partial charge < -0.3 is 14.8 Å². The minimum Gasteiger partial charge on any atom is -0.372 e. The molecule has 5 heteroatoms. The van der Waals surface area contributed by atoms with Crippen LogP contribution in [0.4, 0.5) is 0 Å². The first-order valence-corrected chi connectivity index (χ1v) is 6.00. The van der Waals surface area contributed by atoms with E-state index in [9.17, 15) is 0 Å². The molecule has 0 amide bonds. The summed E-state index contributed by atoms with van der Waals surface area (Å²) in [5.74, 6) is 0. The first-order valence-electron chi connectivity index (χ1n) is 6.00. The summed E-state index contributed by atoms with van der Waals surface area (Å²) in [6.45, 7) is 7.07. The number of nitrogens with zero attached hydrogens (tertiary/aromatic N) is 2.